The van der Waals surface area contributed by atoms with Crippen LogP contribution in [-0.4, -0.2) is 111 Å². The van der Waals surface area contributed by atoms with Gasteiger partial charge in [0, 0.05) is 24.8 Å². The summed E-state index contributed by atoms with van der Waals surface area (Å²) in [4.78, 5) is 56.7. The average Bonchev–Trinajstić information content (AvgIpc) is 3.75. The fourth-order valence-electron chi connectivity index (χ4n) is 7.17. The Morgan fingerprint density at radius 3 is 2.02 bits per heavy atom. The van der Waals surface area contributed by atoms with E-state index in [2.05, 4.69) is 22.8 Å². The number of thioether (sulfide) groups is 1. The number of benzene rings is 2. The van der Waals surface area contributed by atoms with Crippen molar-refractivity contribution in [3.63, 3.8) is 0 Å². The molecule has 0 radical (unpaired) electrons. The highest BCUT2D eigenvalue weighted by Crippen LogP contribution is 2.45. The van der Waals surface area contributed by atoms with Crippen molar-refractivity contribution >= 4 is 35.8 Å². The van der Waals surface area contributed by atoms with Crippen LogP contribution in [0.5, 0.6) is 0 Å². The van der Waals surface area contributed by atoms with Crippen molar-refractivity contribution in [3.05, 3.63) is 59.7 Å². The molecule has 13 heteroatoms. The molecule has 1 aliphatic carbocycles. The molecule has 3 N–H and O–H groups in total. The summed E-state index contributed by atoms with van der Waals surface area (Å²) >= 11 is 1.57. The Bertz CT molecular complexity index is 1580. The van der Waals surface area contributed by atoms with E-state index in [-0.39, 0.29) is 25.0 Å². The Morgan fingerprint density at radius 1 is 0.863 bits per heavy atom. The summed E-state index contributed by atoms with van der Waals surface area (Å²) in [5, 5.41) is 16.1. The number of aliphatic hydroxyl groups is 1. The fourth-order valence-corrected chi connectivity index (χ4v) is 8.65. The van der Waals surface area contributed by atoms with Crippen LogP contribution in [0.25, 0.3) is 11.1 Å². The molecule has 2 aromatic carbocycles. The maximum Gasteiger partial charge on any atom is 0.408 e. The normalized spacial score (nSPS) is 21.0. The van der Waals surface area contributed by atoms with Gasteiger partial charge in [-0.15, -0.1) is 11.8 Å². The molecule has 5 rings (SSSR count). The first kappa shape index (κ1) is 38.4. The van der Waals surface area contributed by atoms with Gasteiger partial charge in [-0.2, -0.15) is 0 Å². The Hall–Kier alpha value is -3.81. The third kappa shape index (κ3) is 8.81. The molecule has 2 aromatic rings. The van der Waals surface area contributed by atoms with Crippen molar-refractivity contribution in [2.24, 2.45) is 0 Å². The van der Waals surface area contributed by atoms with E-state index in [1.165, 1.54) is 6.92 Å². The minimum atomic E-state index is -1.26. The van der Waals surface area contributed by atoms with Crippen molar-refractivity contribution in [1.82, 2.24) is 20.4 Å². The first-order valence-electron chi connectivity index (χ1n) is 17.6. The predicted octanol–water partition coefficient (Wildman–Crippen LogP) is 4.88. The van der Waals surface area contributed by atoms with Gasteiger partial charge >= 0.3 is 12.2 Å². The minimum absolute atomic E-state index is 0.0665. The molecule has 5 atom stereocenters. The smallest absolute Gasteiger partial charge is 0.408 e. The molecule has 51 heavy (non-hydrogen) atoms. The quantitative estimate of drug-likeness (QED) is 0.330. The molecular weight excluding hydrogens is 673 g/mol. The number of alkyl carbamates (subject to hydrolysis) is 2. The molecule has 1 spiro atoms. The summed E-state index contributed by atoms with van der Waals surface area (Å²) in [5.41, 5.74) is 2.98. The van der Waals surface area contributed by atoms with Crippen LogP contribution in [0.1, 0.15) is 78.9 Å². The summed E-state index contributed by atoms with van der Waals surface area (Å²) in [5.74, 6) is -0.341. The highest BCUT2D eigenvalue weighted by Gasteiger charge is 2.53. The van der Waals surface area contributed by atoms with Gasteiger partial charge in [0.05, 0.1) is 24.4 Å². The van der Waals surface area contributed by atoms with Gasteiger partial charge in [-0.05, 0) is 84.1 Å². The SMILES string of the molecule is C[C@@H](O)[C@H](NC(=O)OCC1c2ccccc2-c2ccccc21)C(=O)N1CCSC12CCN(C(=O)[C@@H](NC(=O)OC(C)(C)C)[C@@H](C)OC(C)(C)C)C2. The summed E-state index contributed by atoms with van der Waals surface area (Å²) in [6, 6.07) is 13.7. The number of fused-ring (bicyclic) bond motifs is 3. The molecule has 2 fully saturated rings. The predicted molar refractivity (Wildman–Crippen MR) is 195 cm³/mol. The van der Waals surface area contributed by atoms with Crippen LogP contribution in [0.4, 0.5) is 9.59 Å². The zero-order valence-corrected chi connectivity index (χ0v) is 31.7. The van der Waals surface area contributed by atoms with Gasteiger partial charge in [-0.25, -0.2) is 9.59 Å². The van der Waals surface area contributed by atoms with Gasteiger partial charge in [0.2, 0.25) is 11.8 Å². The molecule has 4 amide bonds. The van der Waals surface area contributed by atoms with Crippen molar-refractivity contribution < 1.29 is 38.5 Å². The summed E-state index contributed by atoms with van der Waals surface area (Å²) in [6.07, 6.45) is -2.95. The van der Waals surface area contributed by atoms with Gasteiger partial charge in [0.25, 0.3) is 0 Å². The molecule has 2 heterocycles. The Balaban J connectivity index is 1.26. The Kier molecular flexibility index (Phi) is 11.3. The maximum atomic E-state index is 14.1. The number of nitrogens with one attached hydrogen (secondary N) is 2. The van der Waals surface area contributed by atoms with Gasteiger partial charge < -0.3 is 39.8 Å². The zero-order valence-electron chi connectivity index (χ0n) is 30.9. The summed E-state index contributed by atoms with van der Waals surface area (Å²) < 4.78 is 17.3. The van der Waals surface area contributed by atoms with Crippen LogP contribution >= 0.6 is 11.8 Å². The maximum absolute atomic E-state index is 14.1. The average molecular weight is 725 g/mol. The van der Waals surface area contributed by atoms with Gasteiger partial charge in [0.15, 0.2) is 0 Å². The van der Waals surface area contributed by atoms with Gasteiger partial charge in [-0.3, -0.25) is 9.59 Å². The lowest BCUT2D eigenvalue weighted by atomic mass is 9.98. The number of hydrogen-bond acceptors (Lipinski definition) is 9. The van der Waals surface area contributed by atoms with Crippen molar-refractivity contribution in [2.75, 3.05) is 32.0 Å². The number of nitrogens with zero attached hydrogens (tertiary/aromatic N) is 2. The number of carbonyl (C=O) groups is 4. The van der Waals surface area contributed by atoms with Crippen molar-refractivity contribution in [1.29, 1.82) is 0 Å². The number of aliphatic hydroxyl groups excluding tert-OH is 1. The topological polar surface area (TPSA) is 147 Å². The van der Waals surface area contributed by atoms with Crippen LogP contribution in [0.2, 0.25) is 0 Å². The molecule has 2 aliphatic heterocycles. The number of amides is 4. The molecule has 0 aromatic heterocycles. The number of ether oxygens (including phenoxy) is 3. The van der Waals surface area contributed by atoms with Crippen LogP contribution in [0.15, 0.2) is 48.5 Å². The van der Waals surface area contributed by atoms with Crippen LogP contribution in [-0.2, 0) is 23.8 Å². The van der Waals surface area contributed by atoms with E-state index in [0.717, 1.165) is 22.3 Å². The number of rotatable bonds is 9. The Morgan fingerprint density at radius 2 is 1.45 bits per heavy atom. The first-order valence-corrected chi connectivity index (χ1v) is 18.6. The number of likely N-dealkylation sites (tertiary alicyclic amines) is 1. The standard InChI is InChI=1S/C38H52N4O8S/c1-23(43)30(39-34(46)48-21-29-27-15-11-9-13-25(27)26-14-10-12-16-28(26)29)33(45)42-19-20-51-38(42)17-18-41(22-38)32(44)31(24(2)49-36(3,4)5)40-35(47)50-37(6,7)8/h9-16,23-24,29-31,43H,17-22H2,1-8H3,(H,39,46)(H,40,47)/t23-,24-,30+,31+,38?/m1/s1. The number of hydrogen-bond donors (Lipinski definition) is 3. The van der Waals surface area contributed by atoms with E-state index < -0.39 is 58.5 Å². The third-order valence-corrected chi connectivity index (χ3v) is 10.8. The molecule has 0 bridgehead atoms. The van der Waals surface area contributed by atoms with E-state index >= 15 is 0 Å². The highest BCUT2D eigenvalue weighted by atomic mass is 32.2. The second kappa shape index (κ2) is 15.0. The summed E-state index contributed by atoms with van der Waals surface area (Å²) in [6.45, 7) is 15.0. The van der Waals surface area contributed by atoms with Crippen molar-refractivity contribution in [2.45, 2.75) is 108 Å². The molecular formula is C38H52N4O8S. The zero-order chi connectivity index (χ0) is 37.3. The molecule has 2 saturated heterocycles. The lowest BCUT2D eigenvalue weighted by Crippen LogP contribution is -2.59. The molecule has 12 nitrogen and oxygen atoms in total. The largest absolute Gasteiger partial charge is 0.449 e. The van der Waals surface area contributed by atoms with Crippen molar-refractivity contribution in [3.8, 4) is 11.1 Å². The van der Waals surface area contributed by atoms with Gasteiger partial charge in [-0.1, -0.05) is 48.5 Å². The summed E-state index contributed by atoms with van der Waals surface area (Å²) in [7, 11) is 0. The lowest BCUT2D eigenvalue weighted by Gasteiger charge is -2.37. The van der Waals surface area contributed by atoms with E-state index in [4.69, 9.17) is 14.2 Å². The molecule has 278 valence electrons. The minimum Gasteiger partial charge on any atom is -0.449 e. The lowest BCUT2D eigenvalue weighted by molar-refractivity contribution is -0.142. The fraction of sp³-hybridized carbons (Fsp3) is 0.579. The van der Waals surface area contributed by atoms with Gasteiger partial charge in [0.1, 0.15) is 29.2 Å². The second-order valence-electron chi connectivity index (χ2n) is 15.5. The molecule has 3 aliphatic rings. The van der Waals surface area contributed by atoms with E-state index in [1.807, 2.05) is 57.2 Å². The highest BCUT2D eigenvalue weighted by molar-refractivity contribution is 8.00. The van der Waals surface area contributed by atoms with E-state index in [1.54, 1.807) is 49.3 Å². The molecule has 0 saturated carbocycles. The third-order valence-electron chi connectivity index (χ3n) is 9.28. The van der Waals surface area contributed by atoms with Crippen LogP contribution < -0.4 is 10.6 Å². The molecule has 1 unspecified atom stereocenters. The van der Waals surface area contributed by atoms with Crippen LogP contribution in [0, 0.1) is 0 Å². The van der Waals surface area contributed by atoms with E-state index in [0.29, 0.717) is 25.3 Å². The second-order valence-corrected chi connectivity index (χ2v) is 17.0. The first-order chi connectivity index (χ1) is 23.9. The monoisotopic (exact) mass is 724 g/mol. The Labute approximate surface area is 304 Å². The van der Waals surface area contributed by atoms with E-state index in [9.17, 15) is 24.3 Å². The van der Waals surface area contributed by atoms with Crippen LogP contribution in [0.3, 0.4) is 0 Å². The number of carbonyl (C=O) groups excluding carboxylic acids is 4.